The summed E-state index contributed by atoms with van der Waals surface area (Å²) in [4.78, 5) is 15.5. The van der Waals surface area contributed by atoms with Gasteiger partial charge in [-0.1, -0.05) is 12.1 Å². The summed E-state index contributed by atoms with van der Waals surface area (Å²) >= 11 is 0. The minimum absolute atomic E-state index is 0.0312. The smallest absolute Gasteiger partial charge is 0.390 e. The van der Waals surface area contributed by atoms with Gasteiger partial charge in [0.1, 0.15) is 11.5 Å². The van der Waals surface area contributed by atoms with Crippen LogP contribution in [0.25, 0.3) is 5.65 Å². The fraction of sp³-hybridized carbons (Fsp3) is 0.538. The van der Waals surface area contributed by atoms with Crippen molar-refractivity contribution in [2.75, 3.05) is 44.7 Å². The van der Waals surface area contributed by atoms with Gasteiger partial charge in [0.2, 0.25) is 0 Å². The Hall–Kier alpha value is -2.69. The predicted molar refractivity (Wildman–Crippen MR) is 132 cm³/mol. The molecule has 2 aliphatic rings. The largest absolute Gasteiger partial charge is 0.401 e. The second-order valence-electron chi connectivity index (χ2n) is 9.89. The third kappa shape index (κ3) is 4.81. The number of aliphatic hydroxyl groups excluding tert-OH is 1. The van der Waals surface area contributed by atoms with E-state index in [2.05, 4.69) is 34.8 Å². The number of halogens is 3. The molecule has 2 fully saturated rings. The first-order valence-corrected chi connectivity index (χ1v) is 12.6. The van der Waals surface area contributed by atoms with Gasteiger partial charge in [0.05, 0.1) is 42.3 Å². The van der Waals surface area contributed by atoms with E-state index in [0.29, 0.717) is 26.2 Å². The molecule has 7 nitrogen and oxygen atoms in total. The molecule has 3 aromatic rings. The summed E-state index contributed by atoms with van der Waals surface area (Å²) in [5, 5.41) is 10.5. The maximum atomic E-state index is 12.8. The molecule has 10 heteroatoms. The summed E-state index contributed by atoms with van der Waals surface area (Å²) < 4.78 is 40.5. The van der Waals surface area contributed by atoms with Gasteiger partial charge in [0.15, 0.2) is 0 Å². The Kier molecular flexibility index (Phi) is 6.93. The fourth-order valence-electron chi connectivity index (χ4n) is 5.84. The Morgan fingerprint density at radius 3 is 2.39 bits per heavy atom. The van der Waals surface area contributed by atoms with Crippen LogP contribution in [0.2, 0.25) is 0 Å². The summed E-state index contributed by atoms with van der Waals surface area (Å²) in [6.07, 6.45) is 0.623. The van der Waals surface area contributed by atoms with Crippen LogP contribution in [-0.2, 0) is 6.61 Å². The lowest BCUT2D eigenvalue weighted by molar-refractivity contribution is -0.146. The van der Waals surface area contributed by atoms with Gasteiger partial charge in [-0.3, -0.25) is 19.2 Å². The molecular weight excluding hydrogens is 469 g/mol. The number of imidazole rings is 1. The number of pyridine rings is 2. The summed E-state index contributed by atoms with van der Waals surface area (Å²) in [6, 6.07) is 10.1. The maximum absolute atomic E-state index is 12.8. The van der Waals surface area contributed by atoms with Crippen LogP contribution >= 0.6 is 0 Å². The number of hydrogen-bond donors (Lipinski definition) is 1. The van der Waals surface area contributed by atoms with Crippen LogP contribution in [0.1, 0.15) is 54.0 Å². The van der Waals surface area contributed by atoms with Gasteiger partial charge in [0.25, 0.3) is 0 Å². The van der Waals surface area contributed by atoms with E-state index in [1.807, 2.05) is 34.9 Å². The van der Waals surface area contributed by atoms with E-state index >= 15 is 0 Å². The van der Waals surface area contributed by atoms with Crippen LogP contribution in [0.5, 0.6) is 0 Å². The van der Waals surface area contributed by atoms with Gasteiger partial charge >= 0.3 is 6.18 Å². The highest BCUT2D eigenvalue weighted by molar-refractivity contribution is 5.55. The predicted octanol–water partition coefficient (Wildman–Crippen LogP) is 4.11. The number of aryl methyl sites for hydroxylation is 1. The molecule has 0 spiro atoms. The number of fused-ring (bicyclic) bond motifs is 1. The van der Waals surface area contributed by atoms with Crippen LogP contribution in [0, 0.1) is 6.92 Å². The van der Waals surface area contributed by atoms with E-state index < -0.39 is 12.7 Å². The van der Waals surface area contributed by atoms with Crippen LogP contribution in [0.15, 0.2) is 36.5 Å². The van der Waals surface area contributed by atoms with E-state index in [4.69, 9.17) is 4.98 Å². The maximum Gasteiger partial charge on any atom is 0.401 e. The van der Waals surface area contributed by atoms with Crippen molar-refractivity contribution >= 4 is 11.5 Å². The highest BCUT2D eigenvalue weighted by atomic mass is 19.4. The number of aromatic nitrogens is 3. The molecule has 3 aromatic heterocycles. The van der Waals surface area contributed by atoms with Gasteiger partial charge in [-0.05, 0) is 57.0 Å². The van der Waals surface area contributed by atoms with Crippen molar-refractivity contribution in [1.29, 1.82) is 0 Å². The topological polar surface area (TPSA) is 60.1 Å². The highest BCUT2D eigenvalue weighted by Crippen LogP contribution is 2.41. The number of piperazine rings is 1. The van der Waals surface area contributed by atoms with Crippen LogP contribution in [0.3, 0.4) is 0 Å². The third-order valence-electron chi connectivity index (χ3n) is 7.62. The normalized spacial score (nSPS) is 22.4. The van der Waals surface area contributed by atoms with Crippen molar-refractivity contribution in [3.8, 4) is 0 Å². The molecule has 2 saturated heterocycles. The molecule has 0 bridgehead atoms. The molecule has 1 N–H and O–H groups in total. The summed E-state index contributed by atoms with van der Waals surface area (Å²) in [7, 11) is 2.11. The first kappa shape index (κ1) is 25.0. The Morgan fingerprint density at radius 1 is 1.00 bits per heavy atom. The zero-order valence-corrected chi connectivity index (χ0v) is 20.7. The molecule has 0 aromatic carbocycles. The molecule has 2 aliphatic heterocycles. The van der Waals surface area contributed by atoms with Crippen molar-refractivity contribution < 1.29 is 18.3 Å². The highest BCUT2D eigenvalue weighted by Gasteiger charge is 2.35. The number of hydrogen-bond acceptors (Lipinski definition) is 6. The van der Waals surface area contributed by atoms with Crippen molar-refractivity contribution in [2.24, 2.45) is 0 Å². The zero-order chi connectivity index (χ0) is 25.4. The van der Waals surface area contributed by atoms with E-state index in [1.54, 1.807) is 0 Å². The van der Waals surface area contributed by atoms with Crippen LogP contribution < -0.4 is 4.90 Å². The zero-order valence-electron chi connectivity index (χ0n) is 20.7. The lowest BCUT2D eigenvalue weighted by Gasteiger charge is -2.39. The fourth-order valence-corrected chi connectivity index (χ4v) is 5.84. The monoisotopic (exact) mass is 502 g/mol. The second kappa shape index (κ2) is 9.99. The minimum atomic E-state index is -4.19. The number of rotatable bonds is 5. The van der Waals surface area contributed by atoms with E-state index in [-0.39, 0.29) is 18.7 Å². The molecule has 0 amide bonds. The lowest BCUT2D eigenvalue weighted by atomic mass is 9.90. The van der Waals surface area contributed by atoms with Gasteiger partial charge in [-0.15, -0.1) is 0 Å². The third-order valence-corrected chi connectivity index (χ3v) is 7.62. The van der Waals surface area contributed by atoms with E-state index in [9.17, 15) is 18.3 Å². The van der Waals surface area contributed by atoms with E-state index in [1.165, 1.54) is 10.5 Å². The van der Waals surface area contributed by atoms with Crippen LogP contribution in [0.4, 0.5) is 19.0 Å². The quantitative estimate of drug-likeness (QED) is 0.567. The standard InChI is InChI=1S/C26H33F3N6O/c1-18-6-5-11-30-24(18)19-7-3-8-20(32(19)2)25-21(16-36)35-22(31-25)9-4-10-23(35)34-14-12-33(13-15-34)17-26(27,28)29/h4-6,9-11,19-20,36H,3,7-8,12-17H2,1-2H3/t19-,20+/m0/s1. The van der Waals surface area contributed by atoms with Gasteiger partial charge < -0.3 is 10.0 Å². The van der Waals surface area contributed by atoms with Crippen molar-refractivity contribution in [3.05, 3.63) is 59.2 Å². The lowest BCUT2D eigenvalue weighted by Crippen LogP contribution is -2.49. The summed E-state index contributed by atoms with van der Waals surface area (Å²) in [5.41, 5.74) is 4.60. The Morgan fingerprint density at radius 2 is 1.72 bits per heavy atom. The van der Waals surface area contributed by atoms with E-state index in [0.717, 1.165) is 47.8 Å². The first-order chi connectivity index (χ1) is 17.3. The average Bonchev–Trinajstić information content (AvgIpc) is 3.23. The van der Waals surface area contributed by atoms with Crippen molar-refractivity contribution in [3.63, 3.8) is 0 Å². The second-order valence-corrected chi connectivity index (χ2v) is 9.89. The molecule has 0 aliphatic carbocycles. The minimum Gasteiger partial charge on any atom is -0.390 e. The Bertz CT molecular complexity index is 1200. The number of alkyl halides is 3. The Labute approximate surface area is 209 Å². The summed E-state index contributed by atoms with van der Waals surface area (Å²) in [6.45, 7) is 2.68. The molecule has 2 atom stereocenters. The molecule has 0 unspecified atom stereocenters. The van der Waals surface area contributed by atoms with Gasteiger partial charge in [0, 0.05) is 32.4 Å². The van der Waals surface area contributed by atoms with Gasteiger partial charge in [-0.2, -0.15) is 13.2 Å². The molecule has 194 valence electrons. The SMILES string of the molecule is Cc1cccnc1[C@@H]1CCC[C@H](c2nc3cccc(N4CCN(CC(F)(F)F)CC4)n3c2CO)N1C. The molecule has 5 rings (SSSR count). The van der Waals surface area contributed by atoms with Crippen molar-refractivity contribution in [2.45, 2.75) is 51.1 Å². The molecular formula is C26H33F3N6O. The number of nitrogens with zero attached hydrogens (tertiary/aromatic N) is 6. The number of aliphatic hydroxyl groups is 1. The molecule has 5 heterocycles. The molecule has 0 radical (unpaired) electrons. The number of likely N-dealkylation sites (tertiary alicyclic amines) is 1. The summed E-state index contributed by atoms with van der Waals surface area (Å²) in [5.74, 6) is 0.859. The molecule has 36 heavy (non-hydrogen) atoms. The number of anilines is 1. The number of piperidine rings is 1. The van der Waals surface area contributed by atoms with Crippen LogP contribution in [-0.4, -0.2) is 75.2 Å². The average molecular weight is 503 g/mol. The molecule has 0 saturated carbocycles. The van der Waals surface area contributed by atoms with Crippen molar-refractivity contribution in [1.82, 2.24) is 24.2 Å². The first-order valence-electron chi connectivity index (χ1n) is 12.6. The Balaban J connectivity index is 1.45. The van der Waals surface area contributed by atoms with Gasteiger partial charge in [-0.25, -0.2) is 4.98 Å².